The monoisotopic (exact) mass is 195 g/mol. The van der Waals surface area contributed by atoms with Crippen LogP contribution in [0.3, 0.4) is 0 Å². The summed E-state index contributed by atoms with van der Waals surface area (Å²) in [5.74, 6) is 0. The molecule has 78 valence electrons. The van der Waals surface area contributed by atoms with Crippen molar-refractivity contribution in [3.05, 3.63) is 23.8 Å². The summed E-state index contributed by atoms with van der Waals surface area (Å²) in [6, 6.07) is 5.38. The van der Waals surface area contributed by atoms with E-state index in [1.807, 2.05) is 26.0 Å². The summed E-state index contributed by atoms with van der Waals surface area (Å²) >= 11 is 0. The zero-order chi connectivity index (χ0) is 11.0. The molecule has 0 bridgehead atoms. The molecule has 4 N–H and O–H groups in total. The van der Waals surface area contributed by atoms with Crippen LogP contribution in [0.25, 0.3) is 0 Å². The summed E-state index contributed by atoms with van der Waals surface area (Å²) in [7, 11) is 0. The molecule has 0 spiro atoms. The number of anilines is 2. The van der Waals surface area contributed by atoms with Crippen LogP contribution in [0, 0.1) is 0 Å². The van der Waals surface area contributed by atoms with Gasteiger partial charge in [0, 0.05) is 12.3 Å². The number of hydrogen-bond acceptors (Lipinski definition) is 4. The van der Waals surface area contributed by atoms with Gasteiger partial charge in [0.1, 0.15) is 6.61 Å². The van der Waals surface area contributed by atoms with E-state index in [1.165, 1.54) is 0 Å². The lowest BCUT2D eigenvalue weighted by Gasteiger charge is -2.05. The quantitative estimate of drug-likeness (QED) is 0.440. The third kappa shape index (κ3) is 3.35. The van der Waals surface area contributed by atoms with Crippen molar-refractivity contribution in [3.63, 3.8) is 0 Å². The van der Waals surface area contributed by atoms with Crippen LogP contribution in [0.1, 0.15) is 19.4 Å². The average molecular weight is 195 g/mol. The number of nitrogens with zero attached hydrogens (tertiary/aromatic N) is 1. The van der Waals surface area contributed by atoms with Gasteiger partial charge in [0.15, 0.2) is 0 Å². The minimum absolute atomic E-state index is 0.306. The topological polar surface area (TPSA) is 73.6 Å². The van der Waals surface area contributed by atoms with E-state index in [1.54, 1.807) is 6.07 Å². The highest BCUT2D eigenvalue weighted by Gasteiger charge is 2.01. The molecule has 0 aliphatic heterocycles. The van der Waals surface area contributed by atoms with Crippen LogP contribution in [-0.2, 0) is 11.4 Å². The van der Waals surface area contributed by atoms with Crippen LogP contribution in [0.5, 0.6) is 0 Å². The second-order valence-electron chi connectivity index (χ2n) is 2.32. The largest absolute Gasteiger partial charge is 0.397 e. The Hall–Kier alpha value is -1.71. The van der Waals surface area contributed by atoms with Gasteiger partial charge in [0.05, 0.1) is 11.4 Å². The Balaban J connectivity index is 0.000000791. The molecule has 0 radical (unpaired) electrons. The maximum atomic E-state index is 5.66. The van der Waals surface area contributed by atoms with Gasteiger partial charge in [-0.1, -0.05) is 26.0 Å². The fourth-order valence-corrected chi connectivity index (χ4v) is 0.874. The lowest BCUT2D eigenvalue weighted by atomic mass is 10.1. The molecule has 14 heavy (non-hydrogen) atoms. The van der Waals surface area contributed by atoms with Gasteiger partial charge in [0.2, 0.25) is 0 Å². The first-order chi connectivity index (χ1) is 6.75. The molecule has 0 aromatic heterocycles. The van der Waals surface area contributed by atoms with Crippen LogP contribution in [0.2, 0.25) is 0 Å². The van der Waals surface area contributed by atoms with Crippen molar-refractivity contribution in [2.75, 3.05) is 11.5 Å². The Bertz CT molecular complexity index is 287. The van der Waals surface area contributed by atoms with E-state index in [0.717, 1.165) is 5.56 Å². The number of nitrogen functional groups attached to an aromatic ring is 2. The van der Waals surface area contributed by atoms with Gasteiger partial charge in [-0.3, -0.25) is 0 Å². The summed E-state index contributed by atoms with van der Waals surface area (Å²) in [5.41, 5.74) is 13.1. The summed E-state index contributed by atoms with van der Waals surface area (Å²) in [6.07, 6.45) is 0. The van der Waals surface area contributed by atoms with E-state index < -0.39 is 0 Å². The molecule has 0 aliphatic rings. The van der Waals surface area contributed by atoms with Crippen molar-refractivity contribution in [2.45, 2.75) is 20.5 Å². The Morgan fingerprint density at radius 2 is 2.00 bits per heavy atom. The predicted molar refractivity (Wildman–Crippen MR) is 61.0 cm³/mol. The third-order valence-electron chi connectivity index (χ3n) is 1.54. The molecule has 1 rings (SSSR count). The minimum atomic E-state index is 0.306. The second-order valence-corrected chi connectivity index (χ2v) is 2.32. The first kappa shape index (κ1) is 12.3. The number of oxime groups is 1. The van der Waals surface area contributed by atoms with Crippen LogP contribution in [-0.4, -0.2) is 6.72 Å². The second kappa shape index (κ2) is 6.77. The number of benzene rings is 1. The van der Waals surface area contributed by atoms with Gasteiger partial charge in [-0.15, -0.1) is 5.16 Å². The minimum Gasteiger partial charge on any atom is -0.397 e. The number of hydrogen-bond donors (Lipinski definition) is 2. The van der Waals surface area contributed by atoms with Gasteiger partial charge < -0.3 is 16.3 Å². The Morgan fingerprint density at radius 3 is 2.57 bits per heavy atom. The van der Waals surface area contributed by atoms with Crippen molar-refractivity contribution in [3.8, 4) is 0 Å². The summed E-state index contributed by atoms with van der Waals surface area (Å²) in [5, 5.41) is 3.26. The van der Waals surface area contributed by atoms with Crippen molar-refractivity contribution >= 4 is 18.1 Å². The molecule has 4 nitrogen and oxygen atoms in total. The lowest BCUT2D eigenvalue weighted by molar-refractivity contribution is 0.133. The third-order valence-corrected chi connectivity index (χ3v) is 1.54. The van der Waals surface area contributed by atoms with Crippen LogP contribution < -0.4 is 11.5 Å². The molecular weight excluding hydrogens is 178 g/mol. The van der Waals surface area contributed by atoms with E-state index in [4.69, 9.17) is 16.3 Å². The van der Waals surface area contributed by atoms with Crippen molar-refractivity contribution in [1.82, 2.24) is 0 Å². The lowest BCUT2D eigenvalue weighted by Crippen LogP contribution is -1.99. The van der Waals surface area contributed by atoms with Gasteiger partial charge in [-0.05, 0) is 6.07 Å². The highest BCUT2D eigenvalue weighted by atomic mass is 16.6. The zero-order valence-electron chi connectivity index (χ0n) is 8.66. The molecule has 1 aromatic rings. The van der Waals surface area contributed by atoms with Crippen molar-refractivity contribution < 1.29 is 4.84 Å². The molecule has 0 aliphatic carbocycles. The molecule has 0 fully saturated rings. The number of nitrogens with two attached hydrogens (primary N) is 2. The molecule has 0 saturated carbocycles. The summed E-state index contributed by atoms with van der Waals surface area (Å²) in [6.45, 7) is 7.49. The van der Waals surface area contributed by atoms with Gasteiger partial charge in [-0.2, -0.15) is 0 Å². The summed E-state index contributed by atoms with van der Waals surface area (Å²) < 4.78 is 0. The molecule has 0 unspecified atom stereocenters. The fourth-order valence-electron chi connectivity index (χ4n) is 0.874. The average Bonchev–Trinajstić information content (AvgIpc) is 2.23. The first-order valence-electron chi connectivity index (χ1n) is 4.46. The highest BCUT2D eigenvalue weighted by molar-refractivity contribution is 5.66. The van der Waals surface area contributed by atoms with E-state index >= 15 is 0 Å². The molecule has 0 amide bonds. The molecule has 0 atom stereocenters. The Morgan fingerprint density at radius 1 is 1.36 bits per heavy atom. The maximum absolute atomic E-state index is 5.66. The van der Waals surface area contributed by atoms with Gasteiger partial charge in [-0.25, -0.2) is 0 Å². The van der Waals surface area contributed by atoms with Crippen molar-refractivity contribution in [1.29, 1.82) is 0 Å². The molecule has 0 heterocycles. The van der Waals surface area contributed by atoms with E-state index in [2.05, 4.69) is 11.9 Å². The van der Waals surface area contributed by atoms with Crippen molar-refractivity contribution in [2.24, 2.45) is 5.16 Å². The Labute approximate surface area is 84.5 Å². The van der Waals surface area contributed by atoms with E-state index in [0.29, 0.717) is 18.0 Å². The maximum Gasteiger partial charge on any atom is 0.144 e. The van der Waals surface area contributed by atoms with E-state index in [-0.39, 0.29) is 0 Å². The number of rotatable bonds is 3. The molecule has 4 heteroatoms. The van der Waals surface area contributed by atoms with Gasteiger partial charge >= 0.3 is 0 Å². The zero-order valence-corrected chi connectivity index (χ0v) is 8.66. The van der Waals surface area contributed by atoms with Crippen LogP contribution >= 0.6 is 0 Å². The molecule has 0 saturated heterocycles. The van der Waals surface area contributed by atoms with Crippen LogP contribution in [0.15, 0.2) is 23.4 Å². The molecular formula is C10H17N3O. The van der Waals surface area contributed by atoms with E-state index in [9.17, 15) is 0 Å². The SMILES string of the molecule is C=NOCc1cccc(N)c1N.CC. The normalized spacial score (nSPS) is 8.43. The summed E-state index contributed by atoms with van der Waals surface area (Å²) in [4.78, 5) is 4.73. The smallest absolute Gasteiger partial charge is 0.144 e. The highest BCUT2D eigenvalue weighted by Crippen LogP contribution is 2.19. The van der Waals surface area contributed by atoms with Gasteiger partial charge in [0.25, 0.3) is 0 Å². The predicted octanol–water partition coefficient (Wildman–Crippen LogP) is 2.01. The number of para-hydroxylation sites is 1. The first-order valence-corrected chi connectivity index (χ1v) is 4.46. The molecule has 1 aromatic carbocycles. The van der Waals surface area contributed by atoms with Crippen LogP contribution in [0.4, 0.5) is 11.4 Å². The fraction of sp³-hybridized carbons (Fsp3) is 0.300. The standard InChI is InChI=1S/C8H11N3O.C2H6/c1-11-12-5-6-3-2-4-7(9)8(6)10;1-2/h2-4H,1,5,9-10H2;1-2H3. The Kier molecular flexibility index (Phi) is 5.94.